The van der Waals surface area contributed by atoms with Gasteiger partial charge in [0.1, 0.15) is 0 Å². The minimum atomic E-state index is -0.453. The first-order chi connectivity index (χ1) is 7.72. The highest BCUT2D eigenvalue weighted by molar-refractivity contribution is 4.86. The van der Waals surface area contributed by atoms with Gasteiger partial charge in [0.2, 0.25) is 0 Å². The lowest BCUT2D eigenvalue weighted by molar-refractivity contribution is -0.0303. The van der Waals surface area contributed by atoms with E-state index in [-0.39, 0.29) is 0 Å². The topological polar surface area (TPSA) is 41.5 Å². The second-order valence-corrected chi connectivity index (χ2v) is 4.72. The van der Waals surface area contributed by atoms with Crippen LogP contribution in [0.3, 0.4) is 0 Å². The van der Waals surface area contributed by atoms with E-state index in [0.29, 0.717) is 25.8 Å². The standard InChI is InChI=1S/C13H23NO2/c1-3-7-14-9-12(15)10-16-13-6-4-5-11(2)8-13/h1,11-15H,4-10H2,2H3. The van der Waals surface area contributed by atoms with Crippen LogP contribution in [0.4, 0.5) is 0 Å². The molecule has 3 nitrogen and oxygen atoms in total. The predicted octanol–water partition coefficient (Wildman–Crippen LogP) is 1.17. The van der Waals surface area contributed by atoms with Gasteiger partial charge in [-0.1, -0.05) is 25.7 Å². The molecule has 0 aliphatic heterocycles. The summed E-state index contributed by atoms with van der Waals surface area (Å²) in [4.78, 5) is 0. The van der Waals surface area contributed by atoms with Crippen molar-refractivity contribution >= 4 is 0 Å². The Morgan fingerprint density at radius 2 is 2.38 bits per heavy atom. The lowest BCUT2D eigenvalue weighted by atomic mass is 9.89. The average Bonchev–Trinajstić information content (AvgIpc) is 2.27. The SMILES string of the molecule is C#CCNCC(O)COC1CCCC(C)C1. The Morgan fingerprint density at radius 1 is 1.56 bits per heavy atom. The fourth-order valence-electron chi connectivity index (χ4n) is 2.15. The Hall–Kier alpha value is -0.560. The molecule has 3 atom stereocenters. The normalized spacial score (nSPS) is 27.3. The largest absolute Gasteiger partial charge is 0.389 e. The highest BCUT2D eigenvalue weighted by atomic mass is 16.5. The van der Waals surface area contributed by atoms with Crippen molar-refractivity contribution in [1.29, 1.82) is 0 Å². The molecule has 92 valence electrons. The highest BCUT2D eigenvalue weighted by Gasteiger charge is 2.19. The molecular formula is C13H23NO2. The van der Waals surface area contributed by atoms with E-state index in [1.807, 2.05) is 0 Å². The number of nitrogens with one attached hydrogen (secondary N) is 1. The summed E-state index contributed by atoms with van der Waals surface area (Å²) in [5.41, 5.74) is 0. The molecule has 0 bridgehead atoms. The van der Waals surface area contributed by atoms with Gasteiger partial charge >= 0.3 is 0 Å². The molecule has 1 saturated carbocycles. The van der Waals surface area contributed by atoms with Gasteiger partial charge in [-0.15, -0.1) is 6.42 Å². The molecule has 0 radical (unpaired) electrons. The molecule has 0 saturated heterocycles. The summed E-state index contributed by atoms with van der Waals surface area (Å²) in [5.74, 6) is 3.23. The minimum absolute atomic E-state index is 0.339. The van der Waals surface area contributed by atoms with Crippen molar-refractivity contribution in [2.45, 2.75) is 44.8 Å². The fourth-order valence-corrected chi connectivity index (χ4v) is 2.15. The van der Waals surface area contributed by atoms with Crippen molar-refractivity contribution in [3.8, 4) is 12.3 Å². The second kappa shape index (κ2) is 7.67. The van der Waals surface area contributed by atoms with E-state index < -0.39 is 6.10 Å². The Labute approximate surface area is 98.6 Å². The van der Waals surface area contributed by atoms with Crippen molar-refractivity contribution in [2.24, 2.45) is 5.92 Å². The zero-order valence-electron chi connectivity index (χ0n) is 10.1. The molecule has 2 N–H and O–H groups in total. The summed E-state index contributed by atoms with van der Waals surface area (Å²) < 4.78 is 5.70. The van der Waals surface area contributed by atoms with Crippen LogP contribution in [0.15, 0.2) is 0 Å². The van der Waals surface area contributed by atoms with Gasteiger partial charge in [0, 0.05) is 6.54 Å². The predicted molar refractivity (Wildman–Crippen MR) is 65.1 cm³/mol. The second-order valence-electron chi connectivity index (χ2n) is 4.72. The van der Waals surface area contributed by atoms with Crippen LogP contribution < -0.4 is 5.32 Å². The third-order valence-electron chi connectivity index (χ3n) is 3.02. The molecule has 0 heterocycles. The van der Waals surface area contributed by atoms with Crippen LogP contribution in [0.2, 0.25) is 0 Å². The molecule has 16 heavy (non-hydrogen) atoms. The van der Waals surface area contributed by atoms with Gasteiger partial charge in [-0.2, -0.15) is 0 Å². The van der Waals surface area contributed by atoms with E-state index in [4.69, 9.17) is 11.2 Å². The van der Waals surface area contributed by atoms with E-state index in [2.05, 4.69) is 18.2 Å². The zero-order chi connectivity index (χ0) is 11.8. The van der Waals surface area contributed by atoms with Crippen LogP contribution in [-0.4, -0.2) is 37.0 Å². The number of rotatable bonds is 6. The lowest BCUT2D eigenvalue weighted by Gasteiger charge is -2.27. The molecule has 1 fully saturated rings. The number of aliphatic hydroxyl groups excluding tert-OH is 1. The maximum atomic E-state index is 9.62. The van der Waals surface area contributed by atoms with Crippen LogP contribution in [0.1, 0.15) is 32.6 Å². The van der Waals surface area contributed by atoms with E-state index in [9.17, 15) is 5.11 Å². The number of terminal acetylenes is 1. The molecule has 0 aromatic heterocycles. The van der Waals surface area contributed by atoms with E-state index >= 15 is 0 Å². The van der Waals surface area contributed by atoms with Gasteiger partial charge in [0.15, 0.2) is 0 Å². The Balaban J connectivity index is 2.06. The van der Waals surface area contributed by atoms with Crippen molar-refractivity contribution in [2.75, 3.05) is 19.7 Å². The van der Waals surface area contributed by atoms with Crippen LogP contribution in [-0.2, 0) is 4.74 Å². The third kappa shape index (κ3) is 5.50. The third-order valence-corrected chi connectivity index (χ3v) is 3.02. The molecule has 0 aromatic rings. The van der Waals surface area contributed by atoms with Crippen LogP contribution in [0.25, 0.3) is 0 Å². The van der Waals surface area contributed by atoms with E-state index in [1.165, 1.54) is 12.8 Å². The average molecular weight is 225 g/mol. The fraction of sp³-hybridized carbons (Fsp3) is 0.846. The Bertz CT molecular complexity index is 224. The monoisotopic (exact) mass is 225 g/mol. The smallest absolute Gasteiger partial charge is 0.0898 e. The van der Waals surface area contributed by atoms with Crippen molar-refractivity contribution in [3.05, 3.63) is 0 Å². The molecular weight excluding hydrogens is 202 g/mol. The zero-order valence-corrected chi connectivity index (χ0v) is 10.1. The summed E-state index contributed by atoms with van der Waals surface area (Å²) in [5, 5.41) is 12.6. The van der Waals surface area contributed by atoms with Gasteiger partial charge in [-0.25, -0.2) is 0 Å². The van der Waals surface area contributed by atoms with E-state index in [0.717, 1.165) is 18.8 Å². The van der Waals surface area contributed by atoms with Gasteiger partial charge in [-0.05, 0) is 18.8 Å². The summed E-state index contributed by atoms with van der Waals surface area (Å²) in [6.45, 7) is 3.68. The molecule has 0 aromatic carbocycles. The first kappa shape index (κ1) is 13.5. The van der Waals surface area contributed by atoms with Crippen LogP contribution >= 0.6 is 0 Å². The van der Waals surface area contributed by atoms with Crippen molar-refractivity contribution in [3.63, 3.8) is 0 Å². The summed E-state index contributed by atoms with van der Waals surface area (Å²) >= 11 is 0. The highest BCUT2D eigenvalue weighted by Crippen LogP contribution is 2.25. The molecule has 3 unspecified atom stereocenters. The molecule has 1 aliphatic rings. The molecule has 0 spiro atoms. The first-order valence-electron chi connectivity index (χ1n) is 6.16. The molecule has 1 aliphatic carbocycles. The van der Waals surface area contributed by atoms with Gasteiger partial charge in [-0.3, -0.25) is 0 Å². The summed E-state index contributed by atoms with van der Waals surface area (Å²) in [7, 11) is 0. The Morgan fingerprint density at radius 3 is 3.06 bits per heavy atom. The lowest BCUT2D eigenvalue weighted by Crippen LogP contribution is -2.33. The molecule has 1 rings (SSSR count). The maximum absolute atomic E-state index is 9.62. The van der Waals surface area contributed by atoms with E-state index in [1.54, 1.807) is 0 Å². The number of aliphatic hydroxyl groups is 1. The number of hydrogen-bond donors (Lipinski definition) is 2. The summed E-state index contributed by atoms with van der Waals surface area (Å²) in [6, 6.07) is 0. The van der Waals surface area contributed by atoms with Gasteiger partial charge in [0.05, 0.1) is 25.4 Å². The quantitative estimate of drug-likeness (QED) is 0.526. The van der Waals surface area contributed by atoms with Crippen molar-refractivity contribution < 1.29 is 9.84 Å². The van der Waals surface area contributed by atoms with Gasteiger partial charge < -0.3 is 15.2 Å². The Kier molecular flexibility index (Phi) is 6.47. The van der Waals surface area contributed by atoms with Crippen molar-refractivity contribution in [1.82, 2.24) is 5.32 Å². The summed E-state index contributed by atoms with van der Waals surface area (Å²) in [6.07, 6.45) is 9.80. The van der Waals surface area contributed by atoms with Crippen LogP contribution in [0.5, 0.6) is 0 Å². The number of hydrogen-bond acceptors (Lipinski definition) is 3. The first-order valence-corrected chi connectivity index (χ1v) is 6.16. The maximum Gasteiger partial charge on any atom is 0.0898 e. The van der Waals surface area contributed by atoms with Crippen LogP contribution in [0, 0.1) is 18.3 Å². The van der Waals surface area contributed by atoms with Gasteiger partial charge in [0.25, 0.3) is 0 Å². The molecule has 3 heteroatoms. The minimum Gasteiger partial charge on any atom is -0.389 e. The number of ether oxygens (including phenoxy) is 1. The molecule has 0 amide bonds.